The minimum Gasteiger partial charge on any atom is -0.467 e. The van der Waals surface area contributed by atoms with E-state index in [0.29, 0.717) is 5.95 Å². The topological polar surface area (TPSA) is 35.3 Å². The zero-order chi connectivity index (χ0) is 5.11. The number of hydrogen-bond acceptors (Lipinski definition) is 3. The summed E-state index contributed by atoms with van der Waals surface area (Å²) in [4.78, 5) is 3.60. The molecular formula is C4H5NO2. The first kappa shape index (κ1) is 4.18. The van der Waals surface area contributed by atoms with E-state index in [0.717, 1.165) is 0 Å². The van der Waals surface area contributed by atoms with Crippen molar-refractivity contribution in [1.82, 2.24) is 4.98 Å². The standard InChI is InChI=1S/C4H5NO2/c1-6-4-2-5-3-7-4/h2-3H,1H3. The van der Waals surface area contributed by atoms with E-state index in [2.05, 4.69) is 14.1 Å². The first-order chi connectivity index (χ1) is 3.43. The van der Waals surface area contributed by atoms with E-state index < -0.39 is 0 Å². The first-order valence-corrected chi connectivity index (χ1v) is 1.86. The second-order valence-corrected chi connectivity index (χ2v) is 1.02. The van der Waals surface area contributed by atoms with Crippen LogP contribution in [0.25, 0.3) is 0 Å². The van der Waals surface area contributed by atoms with Gasteiger partial charge in [0.1, 0.15) is 6.20 Å². The first-order valence-electron chi connectivity index (χ1n) is 1.86. The van der Waals surface area contributed by atoms with E-state index in [1.165, 1.54) is 19.7 Å². The normalized spacial score (nSPS) is 8.71. The van der Waals surface area contributed by atoms with Crippen LogP contribution in [0.5, 0.6) is 5.95 Å². The van der Waals surface area contributed by atoms with Gasteiger partial charge in [-0.05, 0) is 0 Å². The molecule has 1 heterocycles. The second kappa shape index (κ2) is 1.64. The Bertz CT molecular complexity index is 124. The molecule has 0 saturated heterocycles. The van der Waals surface area contributed by atoms with Crippen LogP contribution in [0, 0.1) is 0 Å². The summed E-state index contributed by atoms with van der Waals surface area (Å²) < 4.78 is 9.27. The van der Waals surface area contributed by atoms with Gasteiger partial charge in [-0.25, -0.2) is 4.98 Å². The monoisotopic (exact) mass is 99.0 g/mol. The molecule has 1 aromatic heterocycles. The van der Waals surface area contributed by atoms with Crippen molar-refractivity contribution in [3.63, 3.8) is 0 Å². The Morgan fingerprint density at radius 1 is 1.86 bits per heavy atom. The third-order valence-electron chi connectivity index (χ3n) is 0.611. The van der Waals surface area contributed by atoms with E-state index in [9.17, 15) is 0 Å². The zero-order valence-corrected chi connectivity index (χ0v) is 3.92. The predicted molar refractivity (Wildman–Crippen MR) is 23.1 cm³/mol. The largest absolute Gasteiger partial charge is 0.467 e. The average molecular weight is 99.1 g/mol. The Balaban J connectivity index is 2.76. The third kappa shape index (κ3) is 0.707. The SMILES string of the molecule is COc1cnco1. The molecule has 1 rings (SSSR count). The van der Waals surface area contributed by atoms with Crippen molar-refractivity contribution in [3.8, 4) is 5.95 Å². The van der Waals surface area contributed by atoms with E-state index in [4.69, 9.17) is 0 Å². The molecule has 0 atom stereocenters. The molecule has 1 aromatic rings. The van der Waals surface area contributed by atoms with Crippen LogP contribution in [0.4, 0.5) is 0 Å². The fourth-order valence-corrected chi connectivity index (χ4v) is 0.305. The molecule has 3 heteroatoms. The molecule has 0 aliphatic rings. The van der Waals surface area contributed by atoms with Gasteiger partial charge in [0.2, 0.25) is 0 Å². The van der Waals surface area contributed by atoms with Gasteiger partial charge in [-0.3, -0.25) is 0 Å². The lowest BCUT2D eigenvalue weighted by Crippen LogP contribution is -1.75. The molecule has 0 spiro atoms. The molecule has 0 aliphatic heterocycles. The van der Waals surface area contributed by atoms with Crippen molar-refractivity contribution in [1.29, 1.82) is 0 Å². The summed E-state index contributed by atoms with van der Waals surface area (Å²) in [5.74, 6) is 0.444. The molecular weight excluding hydrogens is 94.0 g/mol. The van der Waals surface area contributed by atoms with Crippen molar-refractivity contribution in [3.05, 3.63) is 12.6 Å². The average Bonchev–Trinajstić information content (AvgIpc) is 2.14. The highest BCUT2D eigenvalue weighted by atomic mass is 16.6. The third-order valence-corrected chi connectivity index (χ3v) is 0.611. The van der Waals surface area contributed by atoms with Gasteiger partial charge < -0.3 is 9.15 Å². The maximum Gasteiger partial charge on any atom is 0.304 e. The molecule has 0 aliphatic carbocycles. The molecule has 0 aromatic carbocycles. The van der Waals surface area contributed by atoms with Crippen LogP contribution in [-0.4, -0.2) is 12.1 Å². The molecule has 0 unspecified atom stereocenters. The van der Waals surface area contributed by atoms with Gasteiger partial charge in [-0.15, -0.1) is 0 Å². The molecule has 0 N–H and O–H groups in total. The molecule has 0 radical (unpaired) electrons. The number of nitrogens with zero attached hydrogens (tertiary/aromatic N) is 1. The minimum absolute atomic E-state index is 0.444. The Kier molecular flexibility index (Phi) is 0.978. The van der Waals surface area contributed by atoms with E-state index >= 15 is 0 Å². The molecule has 0 amide bonds. The number of ether oxygens (including phenoxy) is 1. The van der Waals surface area contributed by atoms with E-state index in [-0.39, 0.29) is 0 Å². The summed E-state index contributed by atoms with van der Waals surface area (Å²) in [5, 5.41) is 0. The van der Waals surface area contributed by atoms with Crippen molar-refractivity contribution in [2.24, 2.45) is 0 Å². The highest BCUT2D eigenvalue weighted by Crippen LogP contribution is 2.03. The molecule has 0 bridgehead atoms. The van der Waals surface area contributed by atoms with Gasteiger partial charge in [0.25, 0.3) is 0 Å². The summed E-state index contributed by atoms with van der Waals surface area (Å²) in [6.45, 7) is 0. The van der Waals surface area contributed by atoms with E-state index in [1.54, 1.807) is 0 Å². The summed E-state index contributed by atoms with van der Waals surface area (Å²) in [6, 6.07) is 0. The van der Waals surface area contributed by atoms with Gasteiger partial charge in [0, 0.05) is 0 Å². The lowest BCUT2D eigenvalue weighted by atomic mass is 10.9. The maximum atomic E-state index is 4.65. The Morgan fingerprint density at radius 3 is 3.00 bits per heavy atom. The summed E-state index contributed by atoms with van der Waals surface area (Å²) in [7, 11) is 1.53. The summed E-state index contributed by atoms with van der Waals surface area (Å²) in [5.41, 5.74) is 0. The van der Waals surface area contributed by atoms with Crippen LogP contribution in [0.1, 0.15) is 0 Å². The summed E-state index contributed by atoms with van der Waals surface area (Å²) >= 11 is 0. The van der Waals surface area contributed by atoms with E-state index in [1.807, 2.05) is 0 Å². The number of oxazole rings is 1. The fraction of sp³-hybridized carbons (Fsp3) is 0.250. The van der Waals surface area contributed by atoms with Gasteiger partial charge in [-0.1, -0.05) is 0 Å². The Hall–Kier alpha value is -0.990. The van der Waals surface area contributed by atoms with Crippen molar-refractivity contribution in [2.45, 2.75) is 0 Å². The van der Waals surface area contributed by atoms with Crippen LogP contribution in [0.2, 0.25) is 0 Å². The molecule has 38 valence electrons. The second-order valence-electron chi connectivity index (χ2n) is 1.02. The quantitative estimate of drug-likeness (QED) is 0.519. The van der Waals surface area contributed by atoms with Gasteiger partial charge in [0.15, 0.2) is 6.39 Å². The fourth-order valence-electron chi connectivity index (χ4n) is 0.305. The smallest absolute Gasteiger partial charge is 0.304 e. The van der Waals surface area contributed by atoms with Gasteiger partial charge in [-0.2, -0.15) is 0 Å². The van der Waals surface area contributed by atoms with Crippen molar-refractivity contribution in [2.75, 3.05) is 7.11 Å². The minimum atomic E-state index is 0.444. The van der Waals surface area contributed by atoms with Gasteiger partial charge in [0.05, 0.1) is 7.11 Å². The molecule has 7 heavy (non-hydrogen) atoms. The number of aromatic nitrogens is 1. The van der Waals surface area contributed by atoms with Crippen molar-refractivity contribution < 1.29 is 9.15 Å². The molecule has 0 saturated carbocycles. The maximum absolute atomic E-state index is 4.65. The number of rotatable bonds is 1. The van der Waals surface area contributed by atoms with Crippen LogP contribution in [-0.2, 0) is 0 Å². The van der Waals surface area contributed by atoms with Crippen LogP contribution >= 0.6 is 0 Å². The molecule has 0 fully saturated rings. The highest BCUT2D eigenvalue weighted by molar-refractivity contribution is 4.93. The lowest BCUT2D eigenvalue weighted by molar-refractivity contribution is 0.304. The number of hydrogen-bond donors (Lipinski definition) is 0. The van der Waals surface area contributed by atoms with Crippen LogP contribution in [0.3, 0.4) is 0 Å². The summed E-state index contributed by atoms with van der Waals surface area (Å²) in [6.07, 6.45) is 2.82. The Morgan fingerprint density at radius 2 is 2.71 bits per heavy atom. The van der Waals surface area contributed by atoms with Crippen molar-refractivity contribution >= 4 is 0 Å². The lowest BCUT2D eigenvalue weighted by Gasteiger charge is -1.84. The molecule has 3 nitrogen and oxygen atoms in total. The Labute approximate surface area is 40.9 Å². The van der Waals surface area contributed by atoms with Gasteiger partial charge >= 0.3 is 5.95 Å². The van der Waals surface area contributed by atoms with Crippen LogP contribution < -0.4 is 4.74 Å². The highest BCUT2D eigenvalue weighted by Gasteiger charge is 1.86. The van der Waals surface area contributed by atoms with Crippen LogP contribution in [0.15, 0.2) is 17.0 Å². The number of methoxy groups -OCH3 is 1. The zero-order valence-electron chi connectivity index (χ0n) is 3.92. The predicted octanol–water partition coefficient (Wildman–Crippen LogP) is 0.683.